The maximum absolute atomic E-state index is 15.4. The summed E-state index contributed by atoms with van der Waals surface area (Å²) in [6.07, 6.45) is 7.24. The van der Waals surface area contributed by atoms with Gasteiger partial charge in [-0.1, -0.05) is 87.9 Å². The van der Waals surface area contributed by atoms with Crippen molar-refractivity contribution >= 4 is 123 Å². The molecule has 0 saturated carbocycles. The van der Waals surface area contributed by atoms with Crippen molar-refractivity contribution in [2.75, 3.05) is 51.3 Å². The van der Waals surface area contributed by atoms with Crippen LogP contribution in [0.3, 0.4) is 0 Å². The second-order valence-corrected chi connectivity index (χ2v) is 29.4. The number of rotatable bonds is 26. The average Bonchev–Trinajstić information content (AvgIpc) is 0.862. The van der Waals surface area contributed by atoms with Gasteiger partial charge in [-0.2, -0.15) is 0 Å². The zero-order chi connectivity index (χ0) is 87.5. The number of phenolic OH excluding ortho intramolecular Hbond substituents is 1. The second kappa shape index (κ2) is 47.1. The van der Waals surface area contributed by atoms with E-state index >= 15 is 24.0 Å². The number of primary amides is 1. The van der Waals surface area contributed by atoms with Crippen LogP contribution in [0.15, 0.2) is 111 Å². The van der Waals surface area contributed by atoms with Crippen molar-refractivity contribution in [1.82, 2.24) is 109 Å². The lowest BCUT2D eigenvalue weighted by molar-refractivity contribution is -0.143. The highest BCUT2D eigenvalue weighted by Crippen LogP contribution is 2.23. The van der Waals surface area contributed by atoms with Crippen LogP contribution in [0.1, 0.15) is 93.4 Å². The minimum absolute atomic E-state index is 0.00809. The maximum Gasteiger partial charge on any atom is 0.247 e. The number of benzene rings is 3. The summed E-state index contributed by atoms with van der Waals surface area (Å²) in [6.45, 7) is 4.70. The number of amides is 14. The number of hydrogen-bond acceptors (Lipinski definition) is 22. The smallest absolute Gasteiger partial charge is 0.247 e. The van der Waals surface area contributed by atoms with Gasteiger partial charge in [0.25, 0.3) is 0 Å². The number of aromatic hydroxyl groups is 1. The minimum atomic E-state index is -1.90. The molecule has 1 fully saturated rings. The number of thioether (sulfide) groups is 1. The molecule has 1 saturated heterocycles. The summed E-state index contributed by atoms with van der Waals surface area (Å²) >= 11 is 0.807. The summed E-state index contributed by atoms with van der Waals surface area (Å²) in [5.74, 6) is -15.7. The van der Waals surface area contributed by atoms with E-state index in [0.29, 0.717) is 35.0 Å². The van der Waals surface area contributed by atoms with Gasteiger partial charge in [-0.05, 0) is 72.6 Å². The molecule has 1 aliphatic heterocycles. The zero-order valence-electron chi connectivity index (χ0n) is 66.8. The largest absolute Gasteiger partial charge is 0.508 e. The monoisotopic (exact) mass is 1680 g/mol. The molecule has 0 bridgehead atoms. The molecule has 646 valence electrons. The highest BCUT2D eigenvalue weighted by molar-refractivity contribution is 8.00. The minimum Gasteiger partial charge on any atom is -0.508 e. The number of guanidine groups is 2. The summed E-state index contributed by atoms with van der Waals surface area (Å²) in [6, 6.07) is 0.318. The molecule has 7 rings (SSSR count). The predicted octanol–water partition coefficient (Wildman–Crippen LogP) is -5.03. The van der Waals surface area contributed by atoms with Gasteiger partial charge in [0.1, 0.15) is 72.2 Å². The Balaban J connectivity index is 1.31. The Morgan fingerprint density at radius 3 is 1.77 bits per heavy atom. The molecule has 0 radical (unpaired) electrons. The highest BCUT2D eigenvalue weighted by atomic mass is 32.2. The predicted molar refractivity (Wildman–Crippen MR) is 440 cm³/mol. The first kappa shape index (κ1) is 93.7. The number of hydrogen-bond donors (Lipinski definition) is 23. The van der Waals surface area contributed by atoms with Crippen LogP contribution in [0, 0.1) is 10.8 Å². The van der Waals surface area contributed by atoms with Crippen LogP contribution >= 0.6 is 11.8 Å². The lowest BCUT2D eigenvalue weighted by Crippen LogP contribution is -2.61. The summed E-state index contributed by atoms with van der Waals surface area (Å²) in [7, 11) is 2.79. The molecule has 3 aromatic carbocycles. The van der Waals surface area contributed by atoms with Crippen LogP contribution in [0.5, 0.6) is 5.75 Å². The van der Waals surface area contributed by atoms with E-state index in [1.54, 1.807) is 38.2 Å². The molecule has 14 amide bonds. The molecule has 4 heterocycles. The van der Waals surface area contributed by atoms with E-state index in [-0.39, 0.29) is 100 Å². The highest BCUT2D eigenvalue weighted by Gasteiger charge is 2.40. The third-order valence-electron chi connectivity index (χ3n) is 19.3. The Labute approximate surface area is 694 Å². The van der Waals surface area contributed by atoms with Gasteiger partial charge >= 0.3 is 0 Å². The van der Waals surface area contributed by atoms with Crippen LogP contribution in [-0.2, 0) is 99.9 Å². The molecule has 11 atom stereocenters. The number of carbonyl (C=O) groups is 14. The Kier molecular flexibility index (Phi) is 36.7. The van der Waals surface area contributed by atoms with E-state index in [4.69, 9.17) is 28.0 Å². The average molecular weight is 1680 g/mol. The zero-order valence-corrected chi connectivity index (χ0v) is 67.6. The van der Waals surface area contributed by atoms with E-state index in [9.17, 15) is 53.4 Å². The van der Waals surface area contributed by atoms with Gasteiger partial charge in [0, 0.05) is 88.5 Å². The number of fused-ring (bicyclic) bond motifs is 1. The number of phenols is 1. The first-order valence-corrected chi connectivity index (χ1v) is 39.8. The first-order valence-electron chi connectivity index (χ1n) is 38.7. The molecule has 120 heavy (non-hydrogen) atoms. The van der Waals surface area contributed by atoms with Gasteiger partial charge in [0.05, 0.1) is 55.8 Å². The van der Waals surface area contributed by atoms with Crippen molar-refractivity contribution in [2.45, 2.75) is 157 Å². The standard InChI is InChI=1S/C77H106N26O16S/c1-6-8-18-51-68(112)94-50(7-2)67(111)97-54(28-45-16-11-15-44-14-9-10-17-49(44)45)70(114)98-55(29-46-31-83-39-90-46)65(109)89-35-62(107)93-58(36-104)72(116)96-53(20-13-26-87-77(81)82)75(119)103(5)60(27-43-21-23-48(105)24-22-43)73(117)101-64(42(3)57-33-84-40-91-57)74(118)95-52(19-12-25-86-76(79)80)69(113)99-56(30-47-32-85-41-102(47)4)71(115)100-59(37-120-38-63(108)92-51)66(110)88-34-61(78)106/h9-11,14-17,21-24,31-33,39-41,50-56,58-60,64,104-105H,3,6-8,12-13,18-20,25-30,34-38H2,1-2,4-5H3,(H2,78,106)(H,83,90)(H,84,91)(H,88,110)(H,89,109)(H,92,108)(H,93,107)(H,94,112)(H,95,118)(H,96,116)(H,97,111)(H,98,114)(H,99,113)(H,100,115)(H,101,117)(H4,79,80,86)(H4,81,82,87)/t50-,51-,52-,53-,54-,55-,56-,58-,59-,60-,64-/m0/s1. The molecular weight excluding hydrogens is 1580 g/mol. The number of nitrogens with one attached hydrogen (secondary N) is 18. The number of nitrogens with zero attached hydrogens (tertiary/aromatic N) is 5. The van der Waals surface area contributed by atoms with Crippen LogP contribution < -0.4 is 91.6 Å². The van der Waals surface area contributed by atoms with Gasteiger partial charge in [0.2, 0.25) is 82.7 Å². The third kappa shape index (κ3) is 29.3. The van der Waals surface area contributed by atoms with Gasteiger partial charge in [-0.3, -0.25) is 77.9 Å². The number of H-pyrrole nitrogens is 2. The summed E-state index contributed by atoms with van der Waals surface area (Å²) in [4.78, 5) is 223. The Morgan fingerprint density at radius 2 is 1.16 bits per heavy atom. The Bertz CT molecular complexity index is 4580. The number of aliphatic hydroxyl groups excluding tert-OH is 1. The second-order valence-electron chi connectivity index (χ2n) is 28.3. The molecule has 42 nitrogen and oxygen atoms in total. The fourth-order valence-corrected chi connectivity index (χ4v) is 13.6. The van der Waals surface area contributed by atoms with Crippen molar-refractivity contribution in [2.24, 2.45) is 24.2 Å². The van der Waals surface area contributed by atoms with E-state index in [0.717, 1.165) is 22.0 Å². The molecule has 3 aromatic heterocycles. The van der Waals surface area contributed by atoms with Crippen molar-refractivity contribution < 1.29 is 77.3 Å². The third-order valence-corrected chi connectivity index (χ3v) is 20.3. The first-order chi connectivity index (χ1) is 57.4. The summed E-state index contributed by atoms with van der Waals surface area (Å²) in [5, 5.41) is 74.5. The number of imidazole rings is 3. The fourth-order valence-electron chi connectivity index (χ4n) is 12.7. The van der Waals surface area contributed by atoms with Gasteiger partial charge in [0.15, 0.2) is 11.9 Å². The number of likely N-dealkylation sites (N-methyl/N-ethyl adjacent to an activating group) is 1. The number of aryl methyl sites for hydroxylation is 1. The number of carbonyl (C=O) groups excluding carboxylic acids is 14. The molecule has 0 spiro atoms. The van der Waals surface area contributed by atoms with E-state index in [1.165, 1.54) is 73.5 Å². The van der Waals surface area contributed by atoms with Crippen LogP contribution in [0.2, 0.25) is 0 Å². The SMILES string of the molecule is C=C(c1c[nH]cn1)[C@@H]1NC(=O)[C@H](Cc2ccc(O)cc2)N(C)C(=O)[C@H](CCCNC(=N)N)NC(=O)[C@H](CO)NC(=O)CNC(=O)[C@H](Cc2c[nH]cn2)NC(=O)[C@H](Cc2cccc3ccccc23)NC(=O)[C@H](CC)NC(=O)[C@H](CCCC)NC(=O)CSC[C@@H](C(=O)NCC(N)=O)NC(=O)[C@H](Cc2cncn2C)NC(=O)[C@H](CCCNC(=N)N)NC1=O. The summed E-state index contributed by atoms with van der Waals surface area (Å²) in [5.41, 5.74) is 17.9. The van der Waals surface area contributed by atoms with Gasteiger partial charge in [-0.15, -0.1) is 11.8 Å². The van der Waals surface area contributed by atoms with Crippen LogP contribution in [0.4, 0.5) is 0 Å². The Hall–Kier alpha value is -13.5. The number of aromatic amines is 2. The van der Waals surface area contributed by atoms with Gasteiger partial charge < -0.3 is 121 Å². The van der Waals surface area contributed by atoms with Crippen LogP contribution in [-0.4, -0.2) is 257 Å². The van der Waals surface area contributed by atoms with Crippen molar-refractivity contribution in [3.05, 3.63) is 139 Å². The number of nitrogens with two attached hydrogens (primary N) is 3. The summed E-state index contributed by atoms with van der Waals surface area (Å²) < 4.78 is 1.53. The molecule has 1 aliphatic rings. The lowest BCUT2D eigenvalue weighted by atomic mass is 9.97. The number of aliphatic hydroxyl groups is 1. The Morgan fingerprint density at radius 1 is 0.592 bits per heavy atom. The molecule has 0 aliphatic carbocycles. The number of aromatic nitrogens is 6. The molecule has 6 aromatic rings. The van der Waals surface area contributed by atoms with Crippen LogP contribution in [0.25, 0.3) is 16.3 Å². The molecular formula is C77H106N26O16S. The normalized spacial score (nSPS) is 21.9. The molecule has 43 heteroatoms. The number of unbranched alkanes of at least 4 members (excludes halogenated alkanes) is 1. The van der Waals surface area contributed by atoms with E-state index < -0.39 is 192 Å². The molecule has 26 N–H and O–H groups in total. The fraction of sp³-hybridized carbons (Fsp3) is 0.442. The topological polar surface area (TPSA) is 652 Å². The van der Waals surface area contributed by atoms with E-state index in [2.05, 4.69) is 106 Å². The van der Waals surface area contributed by atoms with E-state index in [1.807, 2.05) is 25.1 Å². The molecule has 0 unspecified atom stereocenters. The van der Waals surface area contributed by atoms with Crippen molar-refractivity contribution in [3.8, 4) is 5.75 Å². The van der Waals surface area contributed by atoms with Crippen molar-refractivity contribution in [1.29, 1.82) is 10.8 Å². The van der Waals surface area contributed by atoms with Crippen molar-refractivity contribution in [3.63, 3.8) is 0 Å². The lowest BCUT2D eigenvalue weighted by Gasteiger charge is -2.33. The quantitative estimate of drug-likeness (QED) is 0.0137. The van der Waals surface area contributed by atoms with Gasteiger partial charge in [-0.25, -0.2) is 15.0 Å². The maximum atomic E-state index is 15.4.